The molecule has 1 aromatic heterocycles. The first-order chi connectivity index (χ1) is 9.31. The van der Waals surface area contributed by atoms with E-state index >= 15 is 0 Å². The summed E-state index contributed by atoms with van der Waals surface area (Å²) in [6.45, 7) is 2.84. The Labute approximate surface area is 129 Å². The van der Waals surface area contributed by atoms with Crippen LogP contribution in [-0.2, 0) is 14.8 Å². The zero-order chi connectivity index (χ0) is 14.9. The quantitative estimate of drug-likeness (QED) is 0.809. The summed E-state index contributed by atoms with van der Waals surface area (Å²) in [5.74, 6) is -1.00. The molecule has 2 atom stereocenters. The molecular formula is C11H14BrNO5S2. The SMILES string of the molecule is CC1OCCC1CNS(=O)(=O)c1cc(C(=O)O)sc1Br. The molecule has 0 spiro atoms. The van der Waals surface area contributed by atoms with Gasteiger partial charge in [0.1, 0.15) is 9.77 Å². The Hall–Kier alpha value is -0.480. The molecule has 0 radical (unpaired) electrons. The first-order valence-electron chi connectivity index (χ1n) is 5.95. The number of halogens is 1. The Balaban J connectivity index is 2.12. The summed E-state index contributed by atoms with van der Waals surface area (Å²) in [4.78, 5) is 10.8. The first-order valence-corrected chi connectivity index (χ1v) is 9.04. The minimum atomic E-state index is -3.72. The van der Waals surface area contributed by atoms with Crippen molar-refractivity contribution in [2.45, 2.75) is 24.3 Å². The molecule has 1 aliphatic heterocycles. The maximum atomic E-state index is 12.2. The molecule has 6 nitrogen and oxygen atoms in total. The second-order valence-corrected chi connectivity index (χ2v) is 8.64. The van der Waals surface area contributed by atoms with Gasteiger partial charge in [-0.25, -0.2) is 17.9 Å². The summed E-state index contributed by atoms with van der Waals surface area (Å²) in [5.41, 5.74) is 0. The van der Waals surface area contributed by atoms with Gasteiger partial charge in [-0.05, 0) is 35.3 Å². The molecule has 1 aliphatic rings. The van der Waals surface area contributed by atoms with E-state index in [-0.39, 0.29) is 32.1 Å². The molecule has 0 aromatic carbocycles. The molecule has 1 fully saturated rings. The molecular weight excluding hydrogens is 370 g/mol. The van der Waals surface area contributed by atoms with Crippen LogP contribution in [0, 0.1) is 5.92 Å². The minimum absolute atomic E-state index is 0.0187. The Bertz CT molecular complexity index is 612. The topological polar surface area (TPSA) is 92.7 Å². The molecule has 2 unspecified atom stereocenters. The predicted octanol–water partition coefficient (Wildman–Crippen LogP) is 1.91. The van der Waals surface area contributed by atoms with Crippen LogP contribution < -0.4 is 4.72 Å². The molecule has 1 saturated heterocycles. The van der Waals surface area contributed by atoms with Crippen molar-refractivity contribution < 1.29 is 23.1 Å². The molecule has 2 N–H and O–H groups in total. The maximum Gasteiger partial charge on any atom is 0.345 e. The standard InChI is InChI=1S/C11H14BrNO5S2/c1-6-7(2-3-18-6)5-13-20(16,17)9-4-8(11(14)15)19-10(9)12/h4,6-7,13H,2-3,5H2,1H3,(H,14,15). The third-order valence-corrected chi connectivity index (χ3v) is 6.89. The summed E-state index contributed by atoms with van der Waals surface area (Å²) in [6, 6.07) is 1.16. The van der Waals surface area contributed by atoms with E-state index in [1.165, 1.54) is 0 Å². The van der Waals surface area contributed by atoms with Gasteiger partial charge in [-0.2, -0.15) is 0 Å². The highest BCUT2D eigenvalue weighted by atomic mass is 79.9. The fraction of sp³-hybridized carbons (Fsp3) is 0.545. The smallest absolute Gasteiger partial charge is 0.345 e. The molecule has 0 aliphatic carbocycles. The lowest BCUT2D eigenvalue weighted by atomic mass is 10.0. The zero-order valence-corrected chi connectivity index (χ0v) is 13.8. The number of nitrogens with one attached hydrogen (secondary N) is 1. The number of ether oxygens (including phenoxy) is 1. The highest BCUT2D eigenvalue weighted by Crippen LogP contribution is 2.32. The van der Waals surface area contributed by atoms with Gasteiger partial charge in [0.25, 0.3) is 0 Å². The van der Waals surface area contributed by atoms with Gasteiger partial charge in [-0.15, -0.1) is 11.3 Å². The number of carboxylic acids is 1. The van der Waals surface area contributed by atoms with Crippen LogP contribution >= 0.6 is 27.3 Å². The second-order valence-electron chi connectivity index (χ2n) is 4.53. The summed E-state index contributed by atoms with van der Waals surface area (Å²) in [7, 11) is -3.72. The van der Waals surface area contributed by atoms with E-state index in [0.717, 1.165) is 23.8 Å². The van der Waals surface area contributed by atoms with Crippen molar-refractivity contribution in [3.05, 3.63) is 14.7 Å². The summed E-state index contributed by atoms with van der Waals surface area (Å²) >= 11 is 3.98. The normalized spacial score (nSPS) is 23.1. The number of sulfonamides is 1. The third-order valence-electron chi connectivity index (χ3n) is 3.22. The second kappa shape index (κ2) is 6.10. The highest BCUT2D eigenvalue weighted by molar-refractivity contribution is 9.11. The molecule has 0 bridgehead atoms. The van der Waals surface area contributed by atoms with E-state index in [0.29, 0.717) is 6.61 Å². The van der Waals surface area contributed by atoms with Crippen molar-refractivity contribution in [3.8, 4) is 0 Å². The van der Waals surface area contributed by atoms with Gasteiger partial charge in [0, 0.05) is 19.1 Å². The number of hydrogen-bond acceptors (Lipinski definition) is 5. The van der Waals surface area contributed by atoms with Crippen LogP contribution in [0.1, 0.15) is 23.0 Å². The largest absolute Gasteiger partial charge is 0.477 e. The van der Waals surface area contributed by atoms with Crippen LogP contribution in [0.3, 0.4) is 0 Å². The molecule has 1 aromatic rings. The Morgan fingerprint density at radius 3 is 2.85 bits per heavy atom. The molecule has 0 amide bonds. The minimum Gasteiger partial charge on any atom is -0.477 e. The number of hydrogen-bond donors (Lipinski definition) is 2. The number of thiophene rings is 1. The van der Waals surface area contributed by atoms with Crippen molar-refractivity contribution in [3.63, 3.8) is 0 Å². The van der Waals surface area contributed by atoms with E-state index < -0.39 is 16.0 Å². The Kier molecular flexibility index (Phi) is 4.85. The van der Waals surface area contributed by atoms with Crippen LogP contribution in [0.2, 0.25) is 0 Å². The predicted molar refractivity (Wildman–Crippen MR) is 77.7 cm³/mol. The van der Waals surface area contributed by atoms with Gasteiger partial charge >= 0.3 is 5.97 Å². The van der Waals surface area contributed by atoms with Crippen LogP contribution in [0.15, 0.2) is 14.7 Å². The molecule has 0 saturated carbocycles. The maximum absolute atomic E-state index is 12.2. The van der Waals surface area contributed by atoms with Crippen molar-refractivity contribution >= 4 is 43.3 Å². The number of carbonyl (C=O) groups is 1. The van der Waals surface area contributed by atoms with Gasteiger partial charge in [0.2, 0.25) is 10.0 Å². The van der Waals surface area contributed by atoms with Crippen LogP contribution in [0.4, 0.5) is 0 Å². The van der Waals surface area contributed by atoms with E-state index in [1.807, 2.05) is 6.92 Å². The lowest BCUT2D eigenvalue weighted by Gasteiger charge is -2.14. The van der Waals surface area contributed by atoms with Gasteiger partial charge in [0.05, 0.1) is 9.89 Å². The van der Waals surface area contributed by atoms with Gasteiger partial charge in [-0.3, -0.25) is 0 Å². The van der Waals surface area contributed by atoms with Crippen LogP contribution in [-0.4, -0.2) is 38.7 Å². The Morgan fingerprint density at radius 1 is 1.65 bits per heavy atom. The van der Waals surface area contributed by atoms with E-state index in [4.69, 9.17) is 9.84 Å². The number of aromatic carboxylic acids is 1. The van der Waals surface area contributed by atoms with Crippen molar-refractivity contribution in [1.82, 2.24) is 4.72 Å². The lowest BCUT2D eigenvalue weighted by molar-refractivity contribution is 0.0702. The van der Waals surface area contributed by atoms with E-state index in [9.17, 15) is 13.2 Å². The molecule has 20 heavy (non-hydrogen) atoms. The fourth-order valence-electron chi connectivity index (χ4n) is 1.98. The van der Waals surface area contributed by atoms with Gasteiger partial charge < -0.3 is 9.84 Å². The average Bonchev–Trinajstić information content (AvgIpc) is 2.93. The fourth-order valence-corrected chi connectivity index (χ4v) is 5.47. The van der Waals surface area contributed by atoms with Gasteiger partial charge in [-0.1, -0.05) is 0 Å². The third kappa shape index (κ3) is 3.40. The zero-order valence-electron chi connectivity index (χ0n) is 10.6. The van der Waals surface area contributed by atoms with E-state index in [2.05, 4.69) is 20.7 Å². The molecule has 2 heterocycles. The van der Waals surface area contributed by atoms with E-state index in [1.54, 1.807) is 0 Å². The van der Waals surface area contributed by atoms with Crippen molar-refractivity contribution in [1.29, 1.82) is 0 Å². The Morgan fingerprint density at radius 2 is 2.35 bits per heavy atom. The van der Waals surface area contributed by atoms with Gasteiger partial charge in [0.15, 0.2) is 0 Å². The summed E-state index contributed by atoms with van der Waals surface area (Å²) < 4.78 is 32.6. The van der Waals surface area contributed by atoms with Crippen LogP contribution in [0.5, 0.6) is 0 Å². The van der Waals surface area contributed by atoms with Crippen molar-refractivity contribution in [2.24, 2.45) is 5.92 Å². The summed E-state index contributed by atoms with van der Waals surface area (Å²) in [5, 5.41) is 8.88. The lowest BCUT2D eigenvalue weighted by Crippen LogP contribution is -2.32. The molecule has 9 heteroatoms. The monoisotopic (exact) mass is 383 g/mol. The average molecular weight is 384 g/mol. The molecule has 2 rings (SSSR count). The molecule has 112 valence electrons. The number of rotatable bonds is 5. The summed E-state index contributed by atoms with van der Waals surface area (Å²) in [6.07, 6.45) is 0.840. The number of carboxylic acid groups (broad SMARTS) is 1. The van der Waals surface area contributed by atoms with Crippen LogP contribution in [0.25, 0.3) is 0 Å². The van der Waals surface area contributed by atoms with Crippen molar-refractivity contribution in [2.75, 3.05) is 13.2 Å². The first kappa shape index (κ1) is 15.9. The highest BCUT2D eigenvalue weighted by Gasteiger charge is 2.28.